The Morgan fingerprint density at radius 2 is 1.06 bits per heavy atom. The molecule has 0 radical (unpaired) electrons. The van der Waals surface area contributed by atoms with Crippen molar-refractivity contribution in [3.05, 3.63) is 120 Å². The number of benzene rings is 2. The van der Waals surface area contributed by atoms with Gasteiger partial charge in [0.2, 0.25) is 0 Å². The first-order chi connectivity index (χ1) is 24.2. The number of esters is 1. The molecule has 0 saturated carbocycles. The summed E-state index contributed by atoms with van der Waals surface area (Å²) in [4.78, 5) is 28.6. The van der Waals surface area contributed by atoms with Crippen LogP contribution in [0.25, 0.3) is 24.3 Å². The molecule has 0 N–H and O–H groups in total. The Morgan fingerprint density at radius 1 is 0.620 bits per heavy atom. The maximum atomic E-state index is 12.2. The van der Waals surface area contributed by atoms with E-state index in [9.17, 15) is 9.59 Å². The highest BCUT2D eigenvalue weighted by atomic mass is 33.1. The van der Waals surface area contributed by atoms with Gasteiger partial charge in [0.25, 0.3) is 0 Å². The molecule has 0 saturated heterocycles. The molecular formula is C40H48N4O4S2+2. The lowest BCUT2D eigenvalue weighted by Crippen LogP contribution is -2.25. The number of rotatable bonds is 20. The summed E-state index contributed by atoms with van der Waals surface area (Å²) in [5.41, 5.74) is 6.77. The molecule has 0 aliphatic heterocycles. The van der Waals surface area contributed by atoms with E-state index in [-0.39, 0.29) is 29.9 Å². The molecule has 2 heterocycles. The molecule has 0 aliphatic carbocycles. The number of aromatic nitrogens is 2. The Kier molecular flexibility index (Phi) is 16.1. The number of ketones is 1. The number of hydrogen-bond acceptors (Lipinski definition) is 8. The van der Waals surface area contributed by atoms with E-state index >= 15 is 0 Å². The summed E-state index contributed by atoms with van der Waals surface area (Å²) in [6.45, 7) is 2.32. The van der Waals surface area contributed by atoms with Crippen LogP contribution in [0.2, 0.25) is 0 Å². The van der Waals surface area contributed by atoms with Gasteiger partial charge in [-0.3, -0.25) is 9.59 Å². The molecule has 262 valence electrons. The molecule has 0 amide bonds. The van der Waals surface area contributed by atoms with Gasteiger partial charge in [0.15, 0.2) is 30.6 Å². The topological polar surface area (TPSA) is 66.8 Å². The number of carbonyl (C=O) groups is 2. The Bertz CT molecular complexity index is 1550. The normalized spacial score (nSPS) is 11.3. The van der Waals surface area contributed by atoms with Gasteiger partial charge in [-0.15, -0.1) is 0 Å². The van der Waals surface area contributed by atoms with Crippen LogP contribution in [0.3, 0.4) is 0 Å². The van der Waals surface area contributed by atoms with Gasteiger partial charge in [-0.1, -0.05) is 70.2 Å². The summed E-state index contributed by atoms with van der Waals surface area (Å²) in [5, 5.41) is 0. The van der Waals surface area contributed by atoms with Crippen molar-refractivity contribution in [1.82, 2.24) is 0 Å². The number of aryl methyl sites for hydroxylation is 2. The van der Waals surface area contributed by atoms with E-state index in [2.05, 4.69) is 107 Å². The van der Waals surface area contributed by atoms with Crippen molar-refractivity contribution in [3.8, 4) is 0 Å². The molecule has 0 aliphatic rings. The molecule has 10 heteroatoms. The quantitative estimate of drug-likeness (QED) is 0.0469. The molecule has 0 unspecified atom stereocenters. The molecule has 4 aromatic rings. The third kappa shape index (κ3) is 14.2. The van der Waals surface area contributed by atoms with Crippen LogP contribution in [0, 0.1) is 0 Å². The lowest BCUT2D eigenvalue weighted by atomic mass is 10.1. The Hall–Kier alpha value is -4.38. The number of nitrogens with zero attached hydrogens (tertiary/aromatic N) is 4. The monoisotopic (exact) mass is 712 g/mol. The van der Waals surface area contributed by atoms with E-state index in [1.54, 1.807) is 0 Å². The number of pyridine rings is 2. The zero-order valence-corrected chi connectivity index (χ0v) is 31.1. The third-order valence-corrected chi connectivity index (χ3v) is 9.99. The van der Waals surface area contributed by atoms with Gasteiger partial charge in [-0.05, 0) is 52.9 Å². The van der Waals surface area contributed by atoms with Gasteiger partial charge in [0.1, 0.15) is 26.5 Å². The van der Waals surface area contributed by atoms with Crippen LogP contribution >= 0.6 is 21.6 Å². The summed E-state index contributed by atoms with van der Waals surface area (Å²) in [5.74, 6) is 0.221. The zero-order valence-electron chi connectivity index (χ0n) is 29.4. The van der Waals surface area contributed by atoms with Gasteiger partial charge in [0, 0.05) is 62.8 Å². The van der Waals surface area contributed by atoms with Gasteiger partial charge in [-0.25, -0.2) is 9.13 Å². The summed E-state index contributed by atoms with van der Waals surface area (Å²) < 4.78 is 15.0. The molecule has 0 spiro atoms. The van der Waals surface area contributed by atoms with Crippen molar-refractivity contribution >= 4 is 69.0 Å². The number of Topliss-reactive ketones (excluding diaryl/α,β-unsaturated/α-hetero) is 1. The Balaban J connectivity index is 0.999. The first-order valence-corrected chi connectivity index (χ1v) is 19.1. The largest absolute Gasteiger partial charge is 0.465 e. The molecule has 2 aromatic carbocycles. The smallest absolute Gasteiger partial charge is 0.316 e. The predicted molar refractivity (Wildman–Crippen MR) is 209 cm³/mol. The number of hydrogen-bond donors (Lipinski definition) is 0. The Labute approximate surface area is 304 Å². The fraction of sp³-hybridized carbons (Fsp3) is 0.300. The van der Waals surface area contributed by atoms with E-state index in [0.29, 0.717) is 19.8 Å². The first kappa shape index (κ1) is 38.4. The van der Waals surface area contributed by atoms with Crippen molar-refractivity contribution in [2.75, 3.05) is 68.3 Å². The fourth-order valence-electron chi connectivity index (χ4n) is 4.73. The average Bonchev–Trinajstić information content (AvgIpc) is 3.13. The summed E-state index contributed by atoms with van der Waals surface area (Å²) in [6, 6.07) is 25.1. The molecule has 50 heavy (non-hydrogen) atoms. The highest BCUT2D eigenvalue weighted by molar-refractivity contribution is 8.77. The minimum absolute atomic E-state index is 0.000580. The second-order valence-electron chi connectivity index (χ2n) is 12.0. The number of ether oxygens (including phenoxy) is 2. The van der Waals surface area contributed by atoms with Gasteiger partial charge >= 0.3 is 5.97 Å². The lowest BCUT2D eigenvalue weighted by Gasteiger charge is -2.19. The van der Waals surface area contributed by atoms with Gasteiger partial charge in [0.05, 0.1) is 19.0 Å². The molecule has 0 bridgehead atoms. The van der Waals surface area contributed by atoms with Crippen molar-refractivity contribution in [2.45, 2.75) is 6.42 Å². The molecular weight excluding hydrogens is 665 g/mol. The second kappa shape index (κ2) is 21.0. The van der Waals surface area contributed by atoms with Crippen LogP contribution in [0.15, 0.2) is 97.6 Å². The predicted octanol–water partition coefficient (Wildman–Crippen LogP) is 6.15. The lowest BCUT2D eigenvalue weighted by molar-refractivity contribution is -0.671. The van der Waals surface area contributed by atoms with Crippen LogP contribution in [-0.4, -0.2) is 70.3 Å². The highest BCUT2D eigenvalue weighted by Crippen LogP contribution is 2.21. The first-order valence-electron chi connectivity index (χ1n) is 16.6. The molecule has 0 atom stereocenters. The third-order valence-electron chi connectivity index (χ3n) is 7.83. The van der Waals surface area contributed by atoms with Gasteiger partial charge in [-0.2, -0.15) is 0 Å². The standard InChI is InChI=1S/C40H48N4O4S2/c1-41-23-18-35(19-24-41)8-6-33-10-14-37(15-11-33)43(3)22-5-28-48-40(46)32-50-49-31-39(45)30-47-29-27-44(4)38-16-12-34(13-17-38)7-9-36-20-25-42(2)26-21-36/h6-21,23-26H,5,22,27-32H2,1-4H3/q+2. The van der Waals surface area contributed by atoms with E-state index in [1.165, 1.54) is 21.6 Å². The summed E-state index contributed by atoms with van der Waals surface area (Å²) in [7, 11) is 10.7. The molecule has 8 nitrogen and oxygen atoms in total. The van der Waals surface area contributed by atoms with Crippen LogP contribution in [0.4, 0.5) is 11.4 Å². The summed E-state index contributed by atoms with van der Waals surface area (Å²) in [6.07, 6.45) is 17.3. The van der Waals surface area contributed by atoms with E-state index in [1.807, 2.05) is 62.1 Å². The van der Waals surface area contributed by atoms with Crippen LogP contribution in [-0.2, 0) is 33.2 Å². The van der Waals surface area contributed by atoms with Crippen molar-refractivity contribution < 1.29 is 28.2 Å². The van der Waals surface area contributed by atoms with Crippen LogP contribution in [0.1, 0.15) is 28.7 Å². The highest BCUT2D eigenvalue weighted by Gasteiger charge is 2.08. The zero-order chi connectivity index (χ0) is 35.6. The van der Waals surface area contributed by atoms with Crippen molar-refractivity contribution in [1.29, 1.82) is 0 Å². The van der Waals surface area contributed by atoms with E-state index in [4.69, 9.17) is 9.47 Å². The van der Waals surface area contributed by atoms with Crippen molar-refractivity contribution in [3.63, 3.8) is 0 Å². The number of likely N-dealkylation sites (N-methyl/N-ethyl adjacent to an activating group) is 1. The van der Waals surface area contributed by atoms with E-state index < -0.39 is 0 Å². The fourth-order valence-corrected chi connectivity index (χ4v) is 6.47. The minimum atomic E-state index is -0.269. The number of carbonyl (C=O) groups excluding carboxylic acids is 2. The molecule has 4 rings (SSSR count). The maximum absolute atomic E-state index is 12.2. The average molecular weight is 713 g/mol. The SMILES string of the molecule is CN(CCCOC(=O)CSSCC(=O)COCCN(C)c1ccc(/C=C/c2cc[n+](C)cc2)cc1)c1ccc(/C=C/c2cc[n+](C)cc2)cc1. The van der Waals surface area contributed by atoms with Crippen molar-refractivity contribution in [2.24, 2.45) is 14.1 Å². The minimum Gasteiger partial charge on any atom is -0.465 e. The van der Waals surface area contributed by atoms with Crippen LogP contribution in [0.5, 0.6) is 0 Å². The van der Waals surface area contributed by atoms with E-state index in [0.717, 1.165) is 46.6 Å². The molecule has 0 fully saturated rings. The molecule has 2 aromatic heterocycles. The van der Waals surface area contributed by atoms with Crippen LogP contribution < -0.4 is 18.9 Å². The maximum Gasteiger partial charge on any atom is 0.316 e. The number of anilines is 2. The Morgan fingerprint density at radius 3 is 1.56 bits per heavy atom. The summed E-state index contributed by atoms with van der Waals surface area (Å²) >= 11 is 0. The second-order valence-corrected chi connectivity index (χ2v) is 14.4. The van der Waals surface area contributed by atoms with Gasteiger partial charge < -0.3 is 19.3 Å².